The Morgan fingerprint density at radius 2 is 1.51 bits per heavy atom. The highest BCUT2D eigenvalue weighted by Gasteiger charge is 2.41. The van der Waals surface area contributed by atoms with Crippen molar-refractivity contribution in [2.75, 3.05) is 12.3 Å². The fourth-order valence-corrected chi connectivity index (χ4v) is 3.98. The van der Waals surface area contributed by atoms with Crippen LogP contribution >= 0.6 is 46.6 Å². The Balaban J connectivity index is 2.44. The summed E-state index contributed by atoms with van der Waals surface area (Å²) in [6, 6.07) is 2.76. The van der Waals surface area contributed by atoms with Gasteiger partial charge in [-0.05, 0) is 47.7 Å². The van der Waals surface area contributed by atoms with E-state index in [0.29, 0.717) is 12.1 Å². The van der Waals surface area contributed by atoms with Crippen molar-refractivity contribution in [1.29, 1.82) is 0 Å². The summed E-state index contributed by atoms with van der Waals surface area (Å²) in [4.78, 5) is 12.1. The van der Waals surface area contributed by atoms with Crippen LogP contribution in [0.2, 0.25) is 15.1 Å². The zero-order valence-electron chi connectivity index (χ0n) is 17.7. The maximum atomic E-state index is 14.8. The van der Waals surface area contributed by atoms with E-state index in [4.69, 9.17) is 34.8 Å². The zero-order chi connectivity index (χ0) is 28.3. The van der Waals surface area contributed by atoms with E-state index < -0.39 is 81.8 Å². The molecule has 0 aromatic heterocycles. The number of hydrogen-bond acceptors (Lipinski definition) is 2. The molecule has 2 rings (SSSR count). The van der Waals surface area contributed by atoms with Crippen molar-refractivity contribution in [3.63, 3.8) is 0 Å². The molecule has 204 valence electrons. The number of rotatable bonds is 7. The van der Waals surface area contributed by atoms with Crippen molar-refractivity contribution in [1.82, 2.24) is 5.32 Å². The predicted molar refractivity (Wildman–Crippen MR) is 122 cm³/mol. The van der Waals surface area contributed by atoms with E-state index in [-0.39, 0.29) is 27.2 Å². The molecule has 2 aromatic rings. The molecule has 0 aliphatic rings. The van der Waals surface area contributed by atoms with E-state index in [9.17, 15) is 48.7 Å². The van der Waals surface area contributed by atoms with Crippen molar-refractivity contribution >= 4 is 58.3 Å². The molecule has 0 aliphatic carbocycles. The Kier molecular flexibility index (Phi) is 10.1. The molecule has 1 amide bonds. The Morgan fingerprint density at radius 3 is 2.00 bits per heavy atom. The number of alkyl halides is 9. The van der Waals surface area contributed by atoms with Crippen molar-refractivity contribution in [3.8, 4) is 0 Å². The van der Waals surface area contributed by atoms with Crippen molar-refractivity contribution in [2.45, 2.75) is 23.8 Å². The molecule has 1 unspecified atom stereocenters. The van der Waals surface area contributed by atoms with E-state index in [2.05, 4.69) is 0 Å². The van der Waals surface area contributed by atoms with Gasteiger partial charge in [-0.1, -0.05) is 40.9 Å². The highest BCUT2D eigenvalue weighted by molar-refractivity contribution is 8.00. The standard InChI is InChI=1S/C21H12Cl3F10NOS/c22-14-6-10(7-15(23)17(14)24)12(19(26,27)28)8-16(25)9-1-2-11(13(5-9)20(29,30)31)18(36)35-3-4-37-21(32,33)34/h1-2,5-8,12H,3-4H2,(H,35,36). The summed E-state index contributed by atoms with van der Waals surface area (Å²) in [6.45, 7) is -0.643. The third kappa shape index (κ3) is 8.86. The van der Waals surface area contributed by atoms with Crippen LogP contribution < -0.4 is 5.32 Å². The highest BCUT2D eigenvalue weighted by atomic mass is 35.5. The second kappa shape index (κ2) is 11.9. The summed E-state index contributed by atoms with van der Waals surface area (Å²) in [5.41, 5.74) is -8.99. The number of benzene rings is 2. The van der Waals surface area contributed by atoms with Gasteiger partial charge in [-0.3, -0.25) is 4.79 Å². The summed E-state index contributed by atoms with van der Waals surface area (Å²) >= 11 is 16.7. The fourth-order valence-electron chi connectivity index (χ4n) is 2.93. The second-order valence-electron chi connectivity index (χ2n) is 7.14. The molecule has 2 aromatic carbocycles. The quantitative estimate of drug-likeness (QED) is 0.189. The lowest BCUT2D eigenvalue weighted by Gasteiger charge is -2.19. The van der Waals surface area contributed by atoms with Crippen LogP contribution in [-0.2, 0) is 6.18 Å². The summed E-state index contributed by atoms with van der Waals surface area (Å²) in [5.74, 6) is -6.51. The van der Waals surface area contributed by atoms with E-state index in [1.807, 2.05) is 5.32 Å². The lowest BCUT2D eigenvalue weighted by Crippen LogP contribution is -2.28. The molecule has 0 spiro atoms. The summed E-state index contributed by atoms with van der Waals surface area (Å²) < 4.78 is 133. The van der Waals surface area contributed by atoms with Gasteiger partial charge in [0.15, 0.2) is 0 Å². The molecule has 0 fully saturated rings. The number of halogens is 13. The van der Waals surface area contributed by atoms with Gasteiger partial charge >= 0.3 is 17.9 Å². The number of allylic oxidation sites excluding steroid dienone is 1. The van der Waals surface area contributed by atoms with Gasteiger partial charge < -0.3 is 5.32 Å². The van der Waals surface area contributed by atoms with Crippen LogP contribution in [0.1, 0.15) is 33.0 Å². The SMILES string of the molecule is O=C(NCCSC(F)(F)F)c1ccc(C(F)=CC(c2cc(Cl)c(Cl)c(Cl)c2)C(F)(F)F)cc1C(F)(F)F. The van der Waals surface area contributed by atoms with Crippen molar-refractivity contribution < 1.29 is 48.7 Å². The van der Waals surface area contributed by atoms with Gasteiger partial charge in [0, 0.05) is 17.9 Å². The Morgan fingerprint density at radius 1 is 0.946 bits per heavy atom. The van der Waals surface area contributed by atoms with Gasteiger partial charge in [0.2, 0.25) is 0 Å². The minimum absolute atomic E-state index is 0.000507. The first kappa shape index (κ1) is 31.4. The largest absolute Gasteiger partial charge is 0.441 e. The minimum atomic E-state index is -5.26. The lowest BCUT2D eigenvalue weighted by molar-refractivity contribution is -0.140. The van der Waals surface area contributed by atoms with Crippen LogP contribution in [0.5, 0.6) is 0 Å². The van der Waals surface area contributed by atoms with Gasteiger partial charge in [-0.25, -0.2) is 4.39 Å². The first-order valence-electron chi connectivity index (χ1n) is 9.60. The maximum absolute atomic E-state index is 14.8. The summed E-state index contributed by atoms with van der Waals surface area (Å²) in [6.07, 6.45) is -10.4. The molecule has 0 aliphatic heterocycles. The van der Waals surface area contributed by atoms with Crippen LogP contribution in [0.25, 0.3) is 5.83 Å². The average Bonchev–Trinajstić information content (AvgIpc) is 2.75. The molecule has 0 saturated carbocycles. The van der Waals surface area contributed by atoms with Crippen molar-refractivity contribution in [3.05, 3.63) is 73.7 Å². The van der Waals surface area contributed by atoms with Gasteiger partial charge in [0.05, 0.1) is 26.2 Å². The molecule has 1 N–H and O–H groups in total. The van der Waals surface area contributed by atoms with Gasteiger partial charge in [0.1, 0.15) is 11.7 Å². The lowest BCUT2D eigenvalue weighted by atomic mass is 9.95. The van der Waals surface area contributed by atoms with E-state index in [1.165, 1.54) is 0 Å². The monoisotopic (exact) mass is 621 g/mol. The molecular formula is C21H12Cl3F10NOS. The van der Waals surface area contributed by atoms with Crippen LogP contribution in [0.15, 0.2) is 36.4 Å². The summed E-state index contributed by atoms with van der Waals surface area (Å²) in [5, 5.41) is 0.845. The number of amides is 1. The van der Waals surface area contributed by atoms with E-state index in [0.717, 1.165) is 12.1 Å². The highest BCUT2D eigenvalue weighted by Crippen LogP contribution is 2.43. The predicted octanol–water partition coefficient (Wildman–Crippen LogP) is 9.30. The smallest absolute Gasteiger partial charge is 0.351 e. The molecule has 2 nitrogen and oxygen atoms in total. The number of carbonyl (C=O) groups is 1. The average molecular weight is 623 g/mol. The molecule has 16 heteroatoms. The number of thioether (sulfide) groups is 1. The van der Waals surface area contributed by atoms with E-state index in [1.54, 1.807) is 0 Å². The van der Waals surface area contributed by atoms with Gasteiger partial charge in [0.25, 0.3) is 5.91 Å². The number of nitrogens with one attached hydrogen (secondary N) is 1. The van der Waals surface area contributed by atoms with Gasteiger partial charge in [-0.15, -0.1) is 0 Å². The zero-order valence-corrected chi connectivity index (χ0v) is 20.8. The maximum Gasteiger partial charge on any atom is 0.441 e. The van der Waals surface area contributed by atoms with Crippen LogP contribution in [0.3, 0.4) is 0 Å². The molecular weight excluding hydrogens is 611 g/mol. The molecule has 0 heterocycles. The Labute approximate surface area is 221 Å². The number of carbonyl (C=O) groups excluding carboxylic acids is 1. The molecule has 0 saturated heterocycles. The third-order valence-electron chi connectivity index (χ3n) is 4.53. The second-order valence-corrected chi connectivity index (χ2v) is 9.49. The normalized spacial score (nSPS) is 14.0. The summed E-state index contributed by atoms with van der Waals surface area (Å²) in [7, 11) is 0. The Bertz CT molecular complexity index is 1160. The van der Waals surface area contributed by atoms with Crippen LogP contribution in [-0.4, -0.2) is 29.9 Å². The molecule has 0 radical (unpaired) electrons. The fraction of sp³-hybridized carbons (Fsp3) is 0.286. The first-order valence-corrected chi connectivity index (χ1v) is 11.7. The van der Waals surface area contributed by atoms with E-state index >= 15 is 0 Å². The Hall–Kier alpha value is -1.83. The molecule has 37 heavy (non-hydrogen) atoms. The first-order chi connectivity index (χ1) is 16.8. The van der Waals surface area contributed by atoms with Gasteiger partial charge in [-0.2, -0.15) is 39.5 Å². The molecule has 1 atom stereocenters. The van der Waals surface area contributed by atoms with Crippen LogP contribution in [0.4, 0.5) is 43.9 Å². The van der Waals surface area contributed by atoms with Crippen LogP contribution in [0, 0.1) is 0 Å². The molecule has 0 bridgehead atoms. The third-order valence-corrected chi connectivity index (χ3v) is 6.46. The number of hydrogen-bond donors (Lipinski definition) is 1. The minimum Gasteiger partial charge on any atom is -0.351 e. The topological polar surface area (TPSA) is 29.1 Å². The van der Waals surface area contributed by atoms with Crippen molar-refractivity contribution in [2.24, 2.45) is 0 Å².